The van der Waals surface area contributed by atoms with Crippen LogP contribution in [0.2, 0.25) is 0 Å². The number of fused-ring (bicyclic) bond motifs is 1. The van der Waals surface area contributed by atoms with Crippen LogP contribution < -0.4 is 11.2 Å². The Balaban J connectivity index is 1.46. The minimum atomic E-state index is -4.57. The Bertz CT molecular complexity index is 1260. The van der Waals surface area contributed by atoms with Gasteiger partial charge in [-0.05, 0) is 19.4 Å². The van der Waals surface area contributed by atoms with Gasteiger partial charge in [0.05, 0.1) is 26.4 Å². The molecule has 14 heteroatoms. The SMILES string of the molecule is CC1(C)OC2[C@@H](COCCOS(=O)(=O)O)O[C@@H](n3ccc(=O)n(COCc4ccccc4)c3=O)[C@H]2O1. The van der Waals surface area contributed by atoms with E-state index in [9.17, 15) is 18.0 Å². The molecular formula is C22H28N2O11S. The second-order valence-electron chi connectivity index (χ2n) is 8.69. The van der Waals surface area contributed by atoms with Crippen LogP contribution in [0.5, 0.6) is 0 Å². The number of nitrogens with zero attached hydrogens (tertiary/aromatic N) is 2. The van der Waals surface area contributed by atoms with Gasteiger partial charge >= 0.3 is 16.1 Å². The lowest BCUT2D eigenvalue weighted by Gasteiger charge is -2.25. The minimum Gasteiger partial charge on any atom is -0.376 e. The van der Waals surface area contributed by atoms with Crippen molar-refractivity contribution in [3.05, 3.63) is 69.0 Å². The van der Waals surface area contributed by atoms with Crippen LogP contribution in [-0.2, 0) is 51.6 Å². The third-order valence-corrected chi connectivity index (χ3v) is 6.03. The Labute approximate surface area is 207 Å². The van der Waals surface area contributed by atoms with Gasteiger partial charge in [-0.2, -0.15) is 8.42 Å². The molecule has 0 amide bonds. The molecule has 1 N–H and O–H groups in total. The highest BCUT2D eigenvalue weighted by molar-refractivity contribution is 7.80. The van der Waals surface area contributed by atoms with E-state index < -0.39 is 52.0 Å². The molecule has 4 rings (SSSR count). The molecule has 2 saturated heterocycles. The van der Waals surface area contributed by atoms with Crippen molar-refractivity contribution in [3.8, 4) is 0 Å². The number of ether oxygens (including phenoxy) is 5. The molecule has 2 aliphatic rings. The van der Waals surface area contributed by atoms with Gasteiger partial charge < -0.3 is 23.7 Å². The molecule has 2 aliphatic heterocycles. The van der Waals surface area contributed by atoms with Crippen LogP contribution in [-0.4, -0.2) is 66.0 Å². The molecule has 4 atom stereocenters. The summed E-state index contributed by atoms with van der Waals surface area (Å²) in [4.78, 5) is 25.6. The molecule has 0 aliphatic carbocycles. The van der Waals surface area contributed by atoms with Crippen LogP contribution in [0.1, 0.15) is 25.6 Å². The quantitative estimate of drug-likeness (QED) is 0.319. The molecule has 0 saturated carbocycles. The Morgan fingerprint density at radius 2 is 1.75 bits per heavy atom. The van der Waals surface area contributed by atoms with Crippen LogP contribution in [0.4, 0.5) is 0 Å². The van der Waals surface area contributed by atoms with E-state index in [1.165, 1.54) is 16.8 Å². The summed E-state index contributed by atoms with van der Waals surface area (Å²) in [5.74, 6) is -0.958. The Morgan fingerprint density at radius 1 is 1.03 bits per heavy atom. The Kier molecular flexibility index (Phi) is 8.06. The summed E-state index contributed by atoms with van der Waals surface area (Å²) >= 11 is 0. The molecular weight excluding hydrogens is 500 g/mol. The largest absolute Gasteiger partial charge is 0.397 e. The molecule has 0 radical (unpaired) electrons. The van der Waals surface area contributed by atoms with Crippen molar-refractivity contribution in [3.63, 3.8) is 0 Å². The van der Waals surface area contributed by atoms with Gasteiger partial charge in [-0.15, -0.1) is 0 Å². The van der Waals surface area contributed by atoms with E-state index in [-0.39, 0.29) is 33.2 Å². The first-order chi connectivity index (χ1) is 17.0. The molecule has 1 aromatic carbocycles. The van der Waals surface area contributed by atoms with Crippen molar-refractivity contribution in [1.82, 2.24) is 9.13 Å². The van der Waals surface area contributed by atoms with Gasteiger partial charge in [-0.25, -0.2) is 13.5 Å². The van der Waals surface area contributed by atoms with Gasteiger partial charge in [0.2, 0.25) is 0 Å². The maximum absolute atomic E-state index is 13.2. The lowest BCUT2D eigenvalue weighted by atomic mass is 10.1. The van der Waals surface area contributed by atoms with Crippen molar-refractivity contribution < 1.29 is 40.8 Å². The van der Waals surface area contributed by atoms with Crippen molar-refractivity contribution >= 4 is 10.4 Å². The number of rotatable bonds is 11. The predicted octanol–water partition coefficient (Wildman–Crippen LogP) is 0.438. The van der Waals surface area contributed by atoms with Gasteiger partial charge in [-0.3, -0.25) is 13.9 Å². The fourth-order valence-corrected chi connectivity index (χ4v) is 4.37. The Morgan fingerprint density at radius 3 is 2.47 bits per heavy atom. The fourth-order valence-electron chi connectivity index (χ4n) is 4.09. The van der Waals surface area contributed by atoms with Gasteiger partial charge in [0.25, 0.3) is 5.56 Å². The first kappa shape index (κ1) is 26.6. The van der Waals surface area contributed by atoms with E-state index >= 15 is 0 Å². The smallest absolute Gasteiger partial charge is 0.376 e. The van der Waals surface area contributed by atoms with Crippen LogP contribution in [0.3, 0.4) is 0 Å². The van der Waals surface area contributed by atoms with Crippen molar-refractivity contribution in [1.29, 1.82) is 0 Å². The molecule has 1 unspecified atom stereocenters. The molecule has 198 valence electrons. The molecule has 1 aromatic heterocycles. The highest BCUT2D eigenvalue weighted by Crippen LogP contribution is 2.42. The van der Waals surface area contributed by atoms with E-state index in [0.717, 1.165) is 10.1 Å². The second kappa shape index (κ2) is 10.9. The fraction of sp³-hybridized carbons (Fsp3) is 0.545. The zero-order valence-electron chi connectivity index (χ0n) is 19.7. The molecule has 0 bridgehead atoms. The number of hydrogen-bond donors (Lipinski definition) is 1. The van der Waals surface area contributed by atoms with Crippen LogP contribution in [0.15, 0.2) is 52.2 Å². The summed E-state index contributed by atoms with van der Waals surface area (Å²) in [6, 6.07) is 10.6. The molecule has 2 aromatic rings. The summed E-state index contributed by atoms with van der Waals surface area (Å²) in [5, 5.41) is 0. The average molecular weight is 529 g/mol. The molecule has 0 spiro atoms. The predicted molar refractivity (Wildman–Crippen MR) is 122 cm³/mol. The van der Waals surface area contributed by atoms with E-state index in [1.54, 1.807) is 13.8 Å². The average Bonchev–Trinajstić information content (AvgIpc) is 3.29. The van der Waals surface area contributed by atoms with Gasteiger partial charge in [-0.1, -0.05) is 30.3 Å². The number of benzene rings is 1. The molecule has 13 nitrogen and oxygen atoms in total. The van der Waals surface area contributed by atoms with Crippen molar-refractivity contribution in [2.45, 2.75) is 57.5 Å². The van der Waals surface area contributed by atoms with Crippen molar-refractivity contribution in [2.75, 3.05) is 19.8 Å². The molecule has 36 heavy (non-hydrogen) atoms. The summed E-state index contributed by atoms with van der Waals surface area (Å²) in [5.41, 5.74) is -0.274. The lowest BCUT2D eigenvalue weighted by molar-refractivity contribution is -0.202. The second-order valence-corrected chi connectivity index (χ2v) is 9.78. The summed E-state index contributed by atoms with van der Waals surface area (Å²) in [6.07, 6.45) is -1.55. The monoisotopic (exact) mass is 528 g/mol. The van der Waals surface area contributed by atoms with Crippen LogP contribution >= 0.6 is 0 Å². The summed E-state index contributed by atoms with van der Waals surface area (Å²) in [6.45, 7) is 2.85. The lowest BCUT2D eigenvalue weighted by Crippen LogP contribution is -2.43. The van der Waals surface area contributed by atoms with Gasteiger partial charge in [0.15, 0.2) is 12.0 Å². The Hall–Kier alpha value is -2.43. The third kappa shape index (κ3) is 6.46. The van der Waals surface area contributed by atoms with Crippen LogP contribution in [0, 0.1) is 0 Å². The minimum absolute atomic E-state index is 0.0273. The van der Waals surface area contributed by atoms with Gasteiger partial charge in [0, 0.05) is 12.3 Å². The van der Waals surface area contributed by atoms with Gasteiger partial charge in [0.1, 0.15) is 25.0 Å². The standard InChI is InChI=1S/C22H28N2O11S/c1-22(2)34-18-16(13-30-10-11-32-36(27,28)29)33-20(19(18)35-22)23-9-8-17(25)24(21(23)26)14-31-12-15-6-4-3-5-7-15/h3-9,16,18-20H,10-14H2,1-2H3,(H,27,28,29)/t16-,18?,19+,20-/m1/s1. The third-order valence-electron chi connectivity index (χ3n) is 5.57. The highest BCUT2D eigenvalue weighted by atomic mass is 32.3. The number of aromatic nitrogens is 2. The normalized spacial score (nSPS) is 25.2. The molecule has 2 fully saturated rings. The zero-order chi connectivity index (χ0) is 25.9. The number of hydrogen-bond acceptors (Lipinski definition) is 10. The van der Waals surface area contributed by atoms with Crippen LogP contribution in [0.25, 0.3) is 0 Å². The first-order valence-corrected chi connectivity index (χ1v) is 12.5. The molecule has 3 heterocycles. The maximum atomic E-state index is 13.2. The topological polar surface area (TPSA) is 154 Å². The van der Waals surface area contributed by atoms with E-state index in [4.69, 9.17) is 28.2 Å². The van der Waals surface area contributed by atoms with E-state index in [0.29, 0.717) is 0 Å². The highest BCUT2D eigenvalue weighted by Gasteiger charge is 2.56. The zero-order valence-corrected chi connectivity index (χ0v) is 20.5. The maximum Gasteiger partial charge on any atom is 0.397 e. The van der Waals surface area contributed by atoms with Crippen molar-refractivity contribution in [2.24, 2.45) is 0 Å². The van der Waals surface area contributed by atoms with E-state index in [2.05, 4.69) is 4.18 Å². The summed E-state index contributed by atoms with van der Waals surface area (Å²) in [7, 11) is -4.57. The summed E-state index contributed by atoms with van der Waals surface area (Å²) < 4.78 is 65.3. The first-order valence-electron chi connectivity index (χ1n) is 11.2. The van der Waals surface area contributed by atoms with E-state index in [1.807, 2.05) is 30.3 Å².